The van der Waals surface area contributed by atoms with E-state index in [1.165, 1.54) is 0 Å². The number of carbonyl (C=O) groups excluding carboxylic acids is 2. The maximum absolute atomic E-state index is 13.1. The number of benzene rings is 1. The second-order valence-corrected chi connectivity index (χ2v) is 7.01. The standard InChI is InChI=1S/C19H23N3O3/c1-14(23)21-9-6-19(7-10-21)13-22(11-12-25-19)18(24)16-3-2-4-17-15(16)5-8-20-17/h2-5,8,20H,6-7,9-13H2,1H3. The first-order chi connectivity index (χ1) is 12.1. The minimum absolute atomic E-state index is 0.0573. The Hall–Kier alpha value is -2.34. The zero-order valence-corrected chi connectivity index (χ0v) is 14.5. The fourth-order valence-corrected chi connectivity index (χ4v) is 3.99. The van der Waals surface area contributed by atoms with Crippen LogP contribution in [0, 0.1) is 0 Å². The molecule has 1 N–H and O–H groups in total. The lowest BCUT2D eigenvalue weighted by Gasteiger charge is -2.47. The number of nitrogens with one attached hydrogen (secondary N) is 1. The van der Waals surface area contributed by atoms with Crippen LogP contribution in [0.3, 0.4) is 0 Å². The van der Waals surface area contributed by atoms with E-state index in [9.17, 15) is 9.59 Å². The van der Waals surface area contributed by atoms with Crippen molar-refractivity contribution in [3.05, 3.63) is 36.0 Å². The Morgan fingerprint density at radius 2 is 1.92 bits per heavy atom. The van der Waals surface area contributed by atoms with Crippen molar-refractivity contribution in [3.8, 4) is 0 Å². The van der Waals surface area contributed by atoms with E-state index in [0.29, 0.717) is 32.8 Å². The van der Waals surface area contributed by atoms with Crippen molar-refractivity contribution in [3.63, 3.8) is 0 Å². The maximum atomic E-state index is 13.1. The summed E-state index contributed by atoms with van der Waals surface area (Å²) >= 11 is 0. The third kappa shape index (κ3) is 2.91. The quantitative estimate of drug-likeness (QED) is 0.863. The zero-order chi connectivity index (χ0) is 17.4. The molecule has 0 unspecified atom stereocenters. The second kappa shape index (κ2) is 6.19. The Labute approximate surface area is 146 Å². The fraction of sp³-hybridized carbons (Fsp3) is 0.474. The molecular weight excluding hydrogens is 318 g/mol. The molecular formula is C19H23N3O3. The van der Waals surface area contributed by atoms with Gasteiger partial charge in [0.05, 0.1) is 18.8 Å². The summed E-state index contributed by atoms with van der Waals surface area (Å²) in [4.78, 5) is 31.6. The molecule has 2 aromatic rings. The average molecular weight is 341 g/mol. The van der Waals surface area contributed by atoms with Crippen molar-refractivity contribution in [2.24, 2.45) is 0 Å². The van der Waals surface area contributed by atoms with Gasteiger partial charge in [-0.05, 0) is 31.0 Å². The lowest BCUT2D eigenvalue weighted by molar-refractivity contribution is -0.145. The van der Waals surface area contributed by atoms with Crippen LogP contribution in [0.5, 0.6) is 0 Å². The summed E-state index contributed by atoms with van der Waals surface area (Å²) in [5, 5.41) is 0.958. The zero-order valence-electron chi connectivity index (χ0n) is 14.5. The predicted molar refractivity (Wildman–Crippen MR) is 94.4 cm³/mol. The van der Waals surface area contributed by atoms with Crippen molar-refractivity contribution in [2.45, 2.75) is 25.4 Å². The molecule has 132 valence electrons. The van der Waals surface area contributed by atoms with Crippen LogP contribution in [0.15, 0.2) is 30.5 Å². The topological polar surface area (TPSA) is 65.6 Å². The SMILES string of the molecule is CC(=O)N1CCC2(CC1)CN(C(=O)c1cccc3[nH]ccc13)CCO2. The number of hydrogen-bond donors (Lipinski definition) is 1. The van der Waals surface area contributed by atoms with Gasteiger partial charge >= 0.3 is 0 Å². The van der Waals surface area contributed by atoms with E-state index in [0.717, 1.165) is 29.3 Å². The van der Waals surface area contributed by atoms with Crippen molar-refractivity contribution in [2.75, 3.05) is 32.8 Å². The summed E-state index contributed by atoms with van der Waals surface area (Å²) in [6.45, 7) is 4.76. The highest BCUT2D eigenvalue weighted by molar-refractivity contribution is 6.06. The number of rotatable bonds is 1. The highest BCUT2D eigenvalue weighted by atomic mass is 16.5. The molecule has 0 aliphatic carbocycles. The molecule has 2 amide bonds. The molecule has 0 radical (unpaired) electrons. The Kier molecular flexibility index (Phi) is 4.00. The molecule has 2 aliphatic rings. The molecule has 6 heteroatoms. The van der Waals surface area contributed by atoms with Crippen LogP contribution in [0.2, 0.25) is 0 Å². The van der Waals surface area contributed by atoms with Crippen LogP contribution < -0.4 is 0 Å². The van der Waals surface area contributed by atoms with Gasteiger partial charge in [0, 0.05) is 49.2 Å². The number of nitrogens with zero attached hydrogens (tertiary/aromatic N) is 2. The number of aromatic nitrogens is 1. The molecule has 0 saturated carbocycles. The number of aromatic amines is 1. The monoisotopic (exact) mass is 341 g/mol. The van der Waals surface area contributed by atoms with Gasteiger partial charge in [-0.15, -0.1) is 0 Å². The number of likely N-dealkylation sites (tertiary alicyclic amines) is 1. The average Bonchev–Trinajstić information content (AvgIpc) is 3.10. The van der Waals surface area contributed by atoms with Crippen LogP contribution in [-0.4, -0.2) is 65.0 Å². The first kappa shape index (κ1) is 16.1. The Balaban J connectivity index is 1.53. The van der Waals surface area contributed by atoms with E-state index in [1.807, 2.05) is 40.3 Å². The van der Waals surface area contributed by atoms with Crippen LogP contribution >= 0.6 is 0 Å². The number of fused-ring (bicyclic) bond motifs is 1. The van der Waals surface area contributed by atoms with Gasteiger partial charge in [0.2, 0.25) is 5.91 Å². The summed E-state index contributed by atoms with van der Waals surface area (Å²) in [7, 11) is 0. The van der Waals surface area contributed by atoms with Crippen LogP contribution in [0.1, 0.15) is 30.1 Å². The van der Waals surface area contributed by atoms with E-state index >= 15 is 0 Å². The Morgan fingerprint density at radius 3 is 2.68 bits per heavy atom. The van der Waals surface area contributed by atoms with Crippen molar-refractivity contribution >= 4 is 22.7 Å². The maximum Gasteiger partial charge on any atom is 0.254 e. The summed E-state index contributed by atoms with van der Waals surface area (Å²) in [5.74, 6) is 0.166. The lowest BCUT2D eigenvalue weighted by atomic mass is 9.89. The van der Waals surface area contributed by atoms with Gasteiger partial charge in [0.15, 0.2) is 0 Å². The summed E-state index contributed by atoms with van der Waals surface area (Å²) in [5.41, 5.74) is 1.40. The number of carbonyl (C=O) groups is 2. The first-order valence-electron chi connectivity index (χ1n) is 8.83. The highest BCUT2D eigenvalue weighted by Gasteiger charge is 2.41. The summed E-state index contributed by atoms with van der Waals surface area (Å²) < 4.78 is 6.09. The van der Waals surface area contributed by atoms with Gasteiger partial charge in [0.25, 0.3) is 5.91 Å². The van der Waals surface area contributed by atoms with Crippen molar-refractivity contribution in [1.82, 2.24) is 14.8 Å². The number of H-pyrrole nitrogens is 1. The largest absolute Gasteiger partial charge is 0.371 e. The number of piperidine rings is 1. The molecule has 0 atom stereocenters. The first-order valence-corrected chi connectivity index (χ1v) is 8.83. The fourth-order valence-electron chi connectivity index (χ4n) is 3.99. The van der Waals surface area contributed by atoms with E-state index < -0.39 is 0 Å². The van der Waals surface area contributed by atoms with Gasteiger partial charge in [-0.1, -0.05) is 6.07 Å². The normalized spacial score (nSPS) is 20.2. The number of morpholine rings is 1. The molecule has 3 heterocycles. The smallest absolute Gasteiger partial charge is 0.254 e. The minimum Gasteiger partial charge on any atom is -0.371 e. The second-order valence-electron chi connectivity index (χ2n) is 7.01. The van der Waals surface area contributed by atoms with Gasteiger partial charge in [-0.2, -0.15) is 0 Å². The minimum atomic E-state index is -0.314. The van der Waals surface area contributed by atoms with Gasteiger partial charge in [0.1, 0.15) is 0 Å². The predicted octanol–water partition coefficient (Wildman–Crippen LogP) is 2.02. The molecule has 1 spiro atoms. The highest BCUT2D eigenvalue weighted by Crippen LogP contribution is 2.31. The van der Waals surface area contributed by atoms with E-state index in [4.69, 9.17) is 4.74 Å². The number of ether oxygens (including phenoxy) is 1. The van der Waals surface area contributed by atoms with Crippen LogP contribution in [0.4, 0.5) is 0 Å². The Bertz CT molecular complexity index is 805. The summed E-state index contributed by atoms with van der Waals surface area (Å²) in [6.07, 6.45) is 3.43. The summed E-state index contributed by atoms with van der Waals surface area (Å²) in [6, 6.07) is 7.72. The van der Waals surface area contributed by atoms with Gasteiger partial charge in [-0.3, -0.25) is 9.59 Å². The lowest BCUT2D eigenvalue weighted by Crippen LogP contribution is -2.58. The van der Waals surface area contributed by atoms with Crippen LogP contribution in [0.25, 0.3) is 10.9 Å². The Morgan fingerprint density at radius 1 is 1.12 bits per heavy atom. The molecule has 1 aromatic heterocycles. The molecule has 2 aliphatic heterocycles. The molecule has 2 fully saturated rings. The third-order valence-electron chi connectivity index (χ3n) is 5.48. The number of hydrogen-bond acceptors (Lipinski definition) is 3. The molecule has 1 aromatic carbocycles. The number of amides is 2. The molecule has 25 heavy (non-hydrogen) atoms. The van der Waals surface area contributed by atoms with Gasteiger partial charge < -0.3 is 19.5 Å². The van der Waals surface area contributed by atoms with Crippen molar-refractivity contribution in [1.29, 1.82) is 0 Å². The molecule has 6 nitrogen and oxygen atoms in total. The van der Waals surface area contributed by atoms with Gasteiger partial charge in [-0.25, -0.2) is 0 Å². The molecule has 0 bridgehead atoms. The molecule has 2 saturated heterocycles. The van der Waals surface area contributed by atoms with Crippen molar-refractivity contribution < 1.29 is 14.3 Å². The molecule has 4 rings (SSSR count). The van der Waals surface area contributed by atoms with E-state index in [1.54, 1.807) is 6.92 Å². The van der Waals surface area contributed by atoms with E-state index in [2.05, 4.69) is 4.98 Å². The van der Waals surface area contributed by atoms with E-state index in [-0.39, 0.29) is 17.4 Å². The third-order valence-corrected chi connectivity index (χ3v) is 5.48. The van der Waals surface area contributed by atoms with Crippen LogP contribution in [-0.2, 0) is 9.53 Å².